The van der Waals surface area contributed by atoms with Crippen molar-refractivity contribution < 1.29 is 9.18 Å². The number of benzene rings is 2. The number of amides is 1. The van der Waals surface area contributed by atoms with Crippen LogP contribution in [-0.2, 0) is 4.79 Å². The summed E-state index contributed by atoms with van der Waals surface area (Å²) < 4.78 is 16.6. The predicted octanol–water partition coefficient (Wildman–Crippen LogP) is 2.93. The van der Waals surface area contributed by atoms with E-state index in [1.54, 1.807) is 36.5 Å². The molecule has 0 radical (unpaired) electrons. The number of hydrogen-bond donors (Lipinski definition) is 2. The molecular formula is C23H21ClFN7O. The molecule has 3 heterocycles. The SMILES string of the molecule is CCNC1(C(N)=O)CN(c2nncc3c2nc(-c2ccccc2F)n3-c2ccc(Cl)cc2)C1. The topological polar surface area (TPSA) is 102 Å². The number of nitrogens with two attached hydrogens (primary N) is 1. The van der Waals surface area contributed by atoms with Crippen molar-refractivity contribution >= 4 is 34.4 Å². The fourth-order valence-electron chi connectivity index (χ4n) is 4.24. The first-order valence-electron chi connectivity index (χ1n) is 10.5. The minimum Gasteiger partial charge on any atom is -0.368 e. The Labute approximate surface area is 194 Å². The van der Waals surface area contributed by atoms with Crippen LogP contribution in [-0.4, -0.2) is 50.8 Å². The largest absolute Gasteiger partial charge is 0.368 e. The Kier molecular flexibility index (Phi) is 5.22. The molecule has 0 aliphatic carbocycles. The summed E-state index contributed by atoms with van der Waals surface area (Å²) in [6.07, 6.45) is 1.59. The fourth-order valence-corrected chi connectivity index (χ4v) is 4.36. The number of nitrogens with zero attached hydrogens (tertiary/aromatic N) is 5. The molecular weight excluding hydrogens is 445 g/mol. The van der Waals surface area contributed by atoms with Crippen LogP contribution >= 0.6 is 11.6 Å². The predicted molar refractivity (Wildman–Crippen MR) is 125 cm³/mol. The maximum atomic E-state index is 14.8. The highest BCUT2D eigenvalue weighted by molar-refractivity contribution is 6.30. The maximum absolute atomic E-state index is 14.8. The van der Waals surface area contributed by atoms with E-state index in [0.717, 1.165) is 5.69 Å². The molecule has 1 aliphatic rings. The van der Waals surface area contributed by atoms with Gasteiger partial charge in [0.25, 0.3) is 0 Å². The van der Waals surface area contributed by atoms with Crippen molar-refractivity contribution in [3.8, 4) is 17.1 Å². The third-order valence-electron chi connectivity index (χ3n) is 5.86. The number of imidazole rings is 1. The zero-order valence-electron chi connectivity index (χ0n) is 17.8. The van der Waals surface area contributed by atoms with Crippen molar-refractivity contribution in [2.75, 3.05) is 24.5 Å². The molecule has 1 saturated heterocycles. The average molecular weight is 466 g/mol. The van der Waals surface area contributed by atoms with Gasteiger partial charge in [0, 0.05) is 23.8 Å². The normalized spacial score (nSPS) is 14.9. The zero-order valence-corrected chi connectivity index (χ0v) is 18.6. The number of fused-ring (bicyclic) bond motifs is 1. The Morgan fingerprint density at radius 3 is 2.61 bits per heavy atom. The second kappa shape index (κ2) is 8.09. The van der Waals surface area contributed by atoms with Crippen LogP contribution in [0.5, 0.6) is 0 Å². The van der Waals surface area contributed by atoms with Gasteiger partial charge in [0.1, 0.15) is 22.7 Å². The molecule has 2 aromatic heterocycles. The number of primary amides is 1. The number of carbonyl (C=O) groups excluding carboxylic acids is 1. The van der Waals surface area contributed by atoms with Crippen LogP contribution in [0.25, 0.3) is 28.1 Å². The second-order valence-corrected chi connectivity index (χ2v) is 8.40. The summed E-state index contributed by atoms with van der Waals surface area (Å²) >= 11 is 6.09. The molecule has 0 spiro atoms. The summed E-state index contributed by atoms with van der Waals surface area (Å²) in [4.78, 5) is 18.7. The summed E-state index contributed by atoms with van der Waals surface area (Å²) in [6.45, 7) is 3.21. The van der Waals surface area contributed by atoms with Gasteiger partial charge in [-0.25, -0.2) is 9.37 Å². The third kappa shape index (κ3) is 3.49. The number of halogens is 2. The number of likely N-dealkylation sites (N-methyl/N-ethyl adjacent to an activating group) is 1. The van der Waals surface area contributed by atoms with Crippen LogP contribution < -0.4 is 16.0 Å². The van der Waals surface area contributed by atoms with E-state index in [0.29, 0.717) is 52.9 Å². The molecule has 168 valence electrons. The summed E-state index contributed by atoms with van der Waals surface area (Å²) in [5.74, 6) is 0.108. The molecule has 1 fully saturated rings. The molecule has 33 heavy (non-hydrogen) atoms. The Morgan fingerprint density at radius 2 is 1.94 bits per heavy atom. The van der Waals surface area contributed by atoms with E-state index >= 15 is 0 Å². The van der Waals surface area contributed by atoms with Gasteiger partial charge in [-0.3, -0.25) is 9.36 Å². The van der Waals surface area contributed by atoms with E-state index < -0.39 is 17.3 Å². The first-order valence-corrected chi connectivity index (χ1v) is 10.9. The molecule has 3 N–H and O–H groups in total. The van der Waals surface area contributed by atoms with E-state index in [-0.39, 0.29) is 0 Å². The minimum absolute atomic E-state index is 0.340. The van der Waals surface area contributed by atoms with E-state index in [1.807, 2.05) is 28.5 Å². The highest BCUT2D eigenvalue weighted by Crippen LogP contribution is 2.36. The van der Waals surface area contributed by atoms with Crippen LogP contribution in [0.2, 0.25) is 5.02 Å². The standard InChI is InChI=1S/C23H21ClFN7O/c1-2-27-23(22(26)33)12-31(13-23)21-19-18(11-28-30-21)32(15-9-7-14(24)8-10-15)20(29-19)16-5-3-4-6-17(16)25/h3-11,27H,2,12-13H2,1H3,(H2,26,33). The first-order chi connectivity index (χ1) is 15.9. The Morgan fingerprint density at radius 1 is 1.21 bits per heavy atom. The molecule has 1 aliphatic heterocycles. The highest BCUT2D eigenvalue weighted by Gasteiger charge is 2.48. The molecule has 2 aromatic carbocycles. The molecule has 1 amide bonds. The van der Waals surface area contributed by atoms with Crippen molar-refractivity contribution in [1.82, 2.24) is 25.1 Å². The fraction of sp³-hybridized carbons (Fsp3) is 0.217. The molecule has 0 bridgehead atoms. The Balaban J connectivity index is 1.68. The molecule has 0 saturated carbocycles. The van der Waals surface area contributed by atoms with Crippen molar-refractivity contribution in [3.05, 3.63) is 65.6 Å². The average Bonchev–Trinajstić information content (AvgIpc) is 3.16. The summed E-state index contributed by atoms with van der Waals surface area (Å²) in [6, 6.07) is 13.7. The van der Waals surface area contributed by atoms with Gasteiger partial charge in [-0.05, 0) is 42.9 Å². The molecule has 10 heteroatoms. The monoisotopic (exact) mass is 465 g/mol. The van der Waals surface area contributed by atoms with E-state index in [1.165, 1.54) is 6.07 Å². The zero-order chi connectivity index (χ0) is 23.2. The second-order valence-electron chi connectivity index (χ2n) is 7.96. The first kappa shape index (κ1) is 21.3. The van der Waals surface area contributed by atoms with Crippen molar-refractivity contribution in [1.29, 1.82) is 0 Å². The van der Waals surface area contributed by atoms with Gasteiger partial charge in [-0.2, -0.15) is 5.10 Å². The summed E-state index contributed by atoms with van der Waals surface area (Å²) in [7, 11) is 0. The van der Waals surface area contributed by atoms with Crippen molar-refractivity contribution in [3.63, 3.8) is 0 Å². The Hall–Kier alpha value is -3.56. The number of carbonyl (C=O) groups is 1. The number of rotatable bonds is 6. The third-order valence-corrected chi connectivity index (χ3v) is 6.12. The molecule has 8 nitrogen and oxygen atoms in total. The van der Waals surface area contributed by atoms with E-state index in [2.05, 4.69) is 15.5 Å². The van der Waals surface area contributed by atoms with Gasteiger partial charge in [0.2, 0.25) is 5.91 Å². The lowest BCUT2D eigenvalue weighted by Crippen LogP contribution is -2.75. The summed E-state index contributed by atoms with van der Waals surface area (Å²) in [5, 5.41) is 12.2. The lowest BCUT2D eigenvalue weighted by Gasteiger charge is -2.48. The molecule has 4 aromatic rings. The van der Waals surface area contributed by atoms with Gasteiger partial charge < -0.3 is 16.0 Å². The van der Waals surface area contributed by atoms with Crippen LogP contribution in [0.15, 0.2) is 54.7 Å². The number of aromatic nitrogens is 4. The summed E-state index contributed by atoms with van der Waals surface area (Å²) in [5.41, 5.74) is 7.12. The van der Waals surface area contributed by atoms with Gasteiger partial charge in [-0.1, -0.05) is 30.7 Å². The maximum Gasteiger partial charge on any atom is 0.241 e. The van der Waals surface area contributed by atoms with Crippen LogP contribution in [0.3, 0.4) is 0 Å². The Bertz CT molecular complexity index is 1350. The quantitative estimate of drug-likeness (QED) is 0.454. The van der Waals surface area contributed by atoms with Gasteiger partial charge in [-0.15, -0.1) is 5.10 Å². The van der Waals surface area contributed by atoms with Gasteiger partial charge >= 0.3 is 0 Å². The highest BCUT2D eigenvalue weighted by atomic mass is 35.5. The number of nitrogens with one attached hydrogen (secondary N) is 1. The molecule has 5 rings (SSSR count). The van der Waals surface area contributed by atoms with E-state index in [9.17, 15) is 9.18 Å². The van der Waals surface area contributed by atoms with Crippen LogP contribution in [0.1, 0.15) is 6.92 Å². The lowest BCUT2D eigenvalue weighted by molar-refractivity contribution is -0.125. The lowest BCUT2D eigenvalue weighted by atomic mass is 9.88. The number of anilines is 1. The van der Waals surface area contributed by atoms with Gasteiger partial charge in [0.15, 0.2) is 5.82 Å². The van der Waals surface area contributed by atoms with Crippen molar-refractivity contribution in [2.24, 2.45) is 5.73 Å². The molecule has 0 unspecified atom stereocenters. The smallest absolute Gasteiger partial charge is 0.241 e. The van der Waals surface area contributed by atoms with Gasteiger partial charge in [0.05, 0.1) is 17.3 Å². The minimum atomic E-state index is -0.828. The molecule has 0 atom stereocenters. The van der Waals surface area contributed by atoms with Crippen molar-refractivity contribution in [2.45, 2.75) is 12.5 Å². The van der Waals surface area contributed by atoms with E-state index in [4.69, 9.17) is 22.3 Å². The van der Waals surface area contributed by atoms with Crippen LogP contribution in [0, 0.1) is 5.82 Å². The number of hydrogen-bond acceptors (Lipinski definition) is 6. The van der Waals surface area contributed by atoms with Crippen LogP contribution in [0.4, 0.5) is 10.2 Å².